The number of hydrogen-bond acceptors (Lipinski definition) is 11. The number of nitrogens with one attached hydrogen (secondary N) is 1. The lowest BCUT2D eigenvalue weighted by atomic mass is 9.80. The van der Waals surface area contributed by atoms with E-state index in [1.165, 1.54) is 0 Å². The van der Waals surface area contributed by atoms with E-state index < -0.39 is 32.6 Å². The van der Waals surface area contributed by atoms with Gasteiger partial charge in [-0.25, -0.2) is 14.6 Å². The van der Waals surface area contributed by atoms with Gasteiger partial charge in [0.1, 0.15) is 40.5 Å². The summed E-state index contributed by atoms with van der Waals surface area (Å²) in [5, 5.41) is 9.45. The van der Waals surface area contributed by atoms with Crippen molar-refractivity contribution in [3.63, 3.8) is 0 Å². The van der Waals surface area contributed by atoms with Gasteiger partial charge in [0.05, 0.1) is 57.9 Å². The van der Waals surface area contributed by atoms with Crippen molar-refractivity contribution in [2.45, 2.75) is 83.6 Å². The average Bonchev–Trinajstić information content (AvgIpc) is 3.84. The number of methoxy groups -OCH3 is 2. The molecule has 0 bridgehead atoms. The van der Waals surface area contributed by atoms with Crippen LogP contribution in [0.3, 0.4) is 0 Å². The Hall–Kier alpha value is -5.57. The third-order valence-electron chi connectivity index (χ3n) is 10.4. The number of aromatic amines is 1. The van der Waals surface area contributed by atoms with Crippen LogP contribution in [0.2, 0.25) is 0 Å². The molecule has 2 aromatic heterocycles. The highest BCUT2D eigenvalue weighted by Gasteiger charge is 2.45. The molecule has 1 aliphatic rings. The van der Waals surface area contributed by atoms with Crippen molar-refractivity contribution in [2.24, 2.45) is 4.99 Å². The number of ether oxygens (including phenoxy) is 4. The molecule has 14 nitrogen and oxygen atoms in total. The zero-order valence-electron chi connectivity index (χ0n) is 36.9. The molecule has 5 aromatic rings. The Balaban J connectivity index is 1.48. The van der Waals surface area contributed by atoms with Gasteiger partial charge in [-0.15, -0.1) is 5.92 Å². The van der Waals surface area contributed by atoms with Gasteiger partial charge in [-0.3, -0.25) is 9.78 Å². The highest BCUT2D eigenvalue weighted by atomic mass is 31.2. The molecule has 0 saturated carbocycles. The molecular formula is C47H56N7O7P. The number of aromatic nitrogens is 3. The molecule has 3 aromatic carbocycles. The molecular weight excluding hydrogens is 806 g/mol. The van der Waals surface area contributed by atoms with E-state index in [1.54, 1.807) is 43.1 Å². The molecule has 1 fully saturated rings. The topological polar surface area (TPSA) is 149 Å². The summed E-state index contributed by atoms with van der Waals surface area (Å²) in [6, 6.07) is 28.1. The van der Waals surface area contributed by atoms with Crippen LogP contribution in [0.25, 0.3) is 11.0 Å². The molecule has 0 aliphatic carbocycles. The normalized spacial score (nSPS) is 17.1. The minimum Gasteiger partial charge on any atom is -0.497 e. The van der Waals surface area contributed by atoms with E-state index in [0.29, 0.717) is 34.5 Å². The van der Waals surface area contributed by atoms with Crippen molar-refractivity contribution in [1.82, 2.24) is 24.1 Å². The second-order valence-electron chi connectivity index (χ2n) is 15.5. The van der Waals surface area contributed by atoms with E-state index in [1.807, 2.05) is 93.0 Å². The lowest BCUT2D eigenvalue weighted by Gasteiger charge is -2.39. The molecule has 3 heterocycles. The van der Waals surface area contributed by atoms with E-state index in [2.05, 4.69) is 60.3 Å². The summed E-state index contributed by atoms with van der Waals surface area (Å²) in [5.74, 6) is 7.66. The summed E-state index contributed by atoms with van der Waals surface area (Å²) in [4.78, 5) is 27.6. The molecule has 4 atom stereocenters. The average molecular weight is 862 g/mol. The molecule has 1 N–H and O–H groups in total. The maximum absolute atomic E-state index is 14.0. The number of hydrogen-bond donors (Lipinski definition) is 1. The molecule has 0 spiro atoms. The van der Waals surface area contributed by atoms with Crippen LogP contribution in [0.15, 0.2) is 94.8 Å². The number of nitriles is 1. The number of rotatable bonds is 19. The number of nitrogens with zero attached hydrogens (tertiary/aromatic N) is 6. The first-order chi connectivity index (χ1) is 29.9. The van der Waals surface area contributed by atoms with Crippen LogP contribution in [-0.2, 0) is 24.1 Å². The second-order valence-corrected chi connectivity index (χ2v) is 16.9. The first kappa shape index (κ1) is 45.9. The van der Waals surface area contributed by atoms with E-state index in [9.17, 15) is 10.1 Å². The number of H-pyrrole nitrogens is 1. The summed E-state index contributed by atoms with van der Waals surface area (Å²) >= 11 is 0. The van der Waals surface area contributed by atoms with Gasteiger partial charge in [-0.2, -0.15) is 5.26 Å². The zero-order chi connectivity index (χ0) is 44.4. The second kappa shape index (κ2) is 21.0. The Kier molecular flexibility index (Phi) is 15.6. The standard InChI is InChI=1S/C47H56N7O7P/c1-10-15-34-29-53(44-43(34)50-46(51-45(44)55)49-31-52(6)7)42-28-40(61-62(59-27-14-26-48)54(32(2)3)33(4)5)41(60-42)30-58-47(35-16-12-11-13-17-35,36-18-22-38(56-8)23-19-36)37-20-24-39(57-9)25-21-37/h11-13,16-25,29,31-33,40-42H,14,27-28,30H2,1-9H3,(H,50,51,55)/b49-31+/t40-,41+,42+,62?/m0/s1. The Morgan fingerprint density at radius 3 is 2.15 bits per heavy atom. The van der Waals surface area contributed by atoms with E-state index in [0.717, 1.165) is 16.7 Å². The lowest BCUT2D eigenvalue weighted by Crippen LogP contribution is -2.39. The van der Waals surface area contributed by atoms with Gasteiger partial charge in [0.15, 0.2) is 0 Å². The molecule has 62 heavy (non-hydrogen) atoms. The van der Waals surface area contributed by atoms with E-state index in [4.69, 9.17) is 33.0 Å². The van der Waals surface area contributed by atoms with E-state index in [-0.39, 0.29) is 43.2 Å². The van der Waals surface area contributed by atoms with Gasteiger partial charge in [0.2, 0.25) is 5.95 Å². The summed E-state index contributed by atoms with van der Waals surface area (Å²) < 4.78 is 43.0. The fourth-order valence-electron chi connectivity index (χ4n) is 7.66. The van der Waals surface area contributed by atoms with Crippen LogP contribution in [0.1, 0.15) is 75.9 Å². The number of aliphatic imine (C=N–C) groups is 1. The zero-order valence-corrected chi connectivity index (χ0v) is 37.8. The number of fused-ring (bicyclic) bond motifs is 1. The van der Waals surface area contributed by atoms with Crippen LogP contribution in [0.5, 0.6) is 11.5 Å². The predicted molar refractivity (Wildman–Crippen MR) is 242 cm³/mol. The Bertz CT molecular complexity index is 2380. The van der Waals surface area contributed by atoms with Crippen LogP contribution >= 0.6 is 8.53 Å². The van der Waals surface area contributed by atoms with Gasteiger partial charge in [0.25, 0.3) is 14.1 Å². The van der Waals surface area contributed by atoms with Gasteiger partial charge in [0, 0.05) is 38.8 Å². The Morgan fingerprint density at radius 1 is 0.984 bits per heavy atom. The fourth-order valence-corrected chi connectivity index (χ4v) is 9.41. The Morgan fingerprint density at radius 2 is 1.60 bits per heavy atom. The fraction of sp³-hybridized carbons (Fsp3) is 0.404. The van der Waals surface area contributed by atoms with Crippen LogP contribution in [0.4, 0.5) is 5.95 Å². The van der Waals surface area contributed by atoms with Gasteiger partial charge >= 0.3 is 0 Å². The Labute approximate surface area is 365 Å². The molecule has 6 rings (SSSR count). The lowest BCUT2D eigenvalue weighted by molar-refractivity contribution is -0.0910. The minimum absolute atomic E-state index is 0.0532. The van der Waals surface area contributed by atoms with Crippen molar-refractivity contribution in [3.8, 4) is 29.4 Å². The number of benzene rings is 3. The van der Waals surface area contributed by atoms with Crippen LogP contribution in [0, 0.1) is 23.2 Å². The van der Waals surface area contributed by atoms with Crippen molar-refractivity contribution >= 4 is 31.8 Å². The first-order valence-electron chi connectivity index (χ1n) is 20.6. The maximum Gasteiger partial charge on any atom is 0.277 e. The van der Waals surface area contributed by atoms with Crippen molar-refractivity contribution in [1.29, 1.82) is 5.26 Å². The maximum atomic E-state index is 14.0. The minimum atomic E-state index is -1.69. The highest BCUT2D eigenvalue weighted by Crippen LogP contribution is 2.51. The predicted octanol–water partition coefficient (Wildman–Crippen LogP) is 8.29. The summed E-state index contributed by atoms with van der Waals surface area (Å²) in [5.41, 5.74) is 2.34. The van der Waals surface area contributed by atoms with Crippen LogP contribution < -0.4 is 15.0 Å². The largest absolute Gasteiger partial charge is 0.497 e. The first-order valence-corrected chi connectivity index (χ1v) is 21.7. The molecule has 1 unspecified atom stereocenters. The quantitative estimate of drug-likeness (QED) is 0.0214. The molecule has 0 amide bonds. The monoisotopic (exact) mass is 861 g/mol. The summed E-state index contributed by atoms with van der Waals surface area (Å²) in [6.45, 7) is 10.4. The van der Waals surface area contributed by atoms with Gasteiger partial charge < -0.3 is 37.5 Å². The molecule has 1 saturated heterocycles. The van der Waals surface area contributed by atoms with Crippen molar-refractivity contribution < 1.29 is 28.0 Å². The SMILES string of the molecule is CC#Cc1cn([C@H]2C[C@H](OP(OCCC#N)N(C(C)C)C(C)C)[C@@H](COC(c3ccccc3)(c3ccc(OC)cc3)c3ccc(OC)cc3)O2)c2c(=O)[nH]c(/N=C/N(C)C)nc12. The third-order valence-corrected chi connectivity index (χ3v) is 12.5. The highest BCUT2D eigenvalue weighted by molar-refractivity contribution is 7.44. The molecule has 15 heteroatoms. The molecule has 0 radical (unpaired) electrons. The van der Waals surface area contributed by atoms with Crippen molar-refractivity contribution in [2.75, 3.05) is 41.5 Å². The van der Waals surface area contributed by atoms with Crippen molar-refractivity contribution in [3.05, 3.63) is 118 Å². The van der Waals surface area contributed by atoms with Crippen LogP contribution in [-0.4, -0.2) is 96.3 Å². The van der Waals surface area contributed by atoms with Gasteiger partial charge in [-0.05, 0) is 75.6 Å². The smallest absolute Gasteiger partial charge is 0.277 e. The molecule has 1 aliphatic heterocycles. The summed E-state index contributed by atoms with van der Waals surface area (Å²) in [6.07, 6.45) is 1.93. The molecule has 326 valence electrons. The summed E-state index contributed by atoms with van der Waals surface area (Å²) in [7, 11) is 5.25. The van der Waals surface area contributed by atoms with Gasteiger partial charge in [-0.1, -0.05) is 60.5 Å². The van der Waals surface area contributed by atoms with E-state index >= 15 is 0 Å². The third kappa shape index (κ3) is 10.2.